The molecule has 32 heavy (non-hydrogen) atoms. The zero-order valence-corrected chi connectivity index (χ0v) is 20.6. The first-order chi connectivity index (χ1) is 15.4. The van der Waals surface area contributed by atoms with E-state index in [-0.39, 0.29) is 5.92 Å². The third-order valence-electron chi connectivity index (χ3n) is 7.39. The topological polar surface area (TPSA) is 0 Å². The first-order valence-electron chi connectivity index (χ1n) is 11.5. The van der Waals surface area contributed by atoms with Crippen molar-refractivity contribution >= 4 is 27.1 Å². The van der Waals surface area contributed by atoms with Crippen LogP contribution >= 0.6 is 0 Å². The van der Waals surface area contributed by atoms with E-state index in [0.717, 1.165) is 0 Å². The number of fused-ring (bicyclic) bond motifs is 1. The predicted molar refractivity (Wildman–Crippen MR) is 139 cm³/mol. The molecule has 2 atom stereocenters. The molecule has 1 heteroatoms. The van der Waals surface area contributed by atoms with Gasteiger partial charge in [-0.3, -0.25) is 0 Å². The molecular formula is C31H29Si. The number of hydrogen-bond acceptors (Lipinski definition) is 0. The molecule has 0 amide bonds. The molecule has 0 fully saturated rings. The van der Waals surface area contributed by atoms with Gasteiger partial charge in [0.1, 0.15) is 0 Å². The van der Waals surface area contributed by atoms with Crippen LogP contribution in [0.3, 0.4) is 0 Å². The molecule has 2 aliphatic carbocycles. The van der Waals surface area contributed by atoms with E-state index < -0.39 is 0 Å². The Morgan fingerprint density at radius 3 is 2.22 bits per heavy atom. The molecule has 0 saturated carbocycles. The predicted octanol–water partition coefficient (Wildman–Crippen LogP) is 7.37. The fourth-order valence-electron chi connectivity index (χ4n) is 5.72. The summed E-state index contributed by atoms with van der Waals surface area (Å²) in [6.07, 6.45) is 4.82. The Bertz CT molecular complexity index is 1320. The van der Waals surface area contributed by atoms with Crippen LogP contribution in [0.2, 0.25) is 0 Å². The second-order valence-corrected chi connectivity index (χ2v) is 9.91. The Morgan fingerprint density at radius 1 is 0.781 bits per heavy atom. The summed E-state index contributed by atoms with van der Waals surface area (Å²) >= 11 is 0. The van der Waals surface area contributed by atoms with Crippen molar-refractivity contribution in [1.29, 1.82) is 0 Å². The van der Waals surface area contributed by atoms with Crippen LogP contribution in [0.15, 0.2) is 83.5 Å². The fourth-order valence-corrected chi connectivity index (χ4v) is 5.93. The van der Waals surface area contributed by atoms with E-state index in [0.29, 0.717) is 5.92 Å². The lowest BCUT2D eigenvalue weighted by molar-refractivity contribution is 0.935. The SMILES string of the molecule is CC1=CC(C)C(c2c(C3C(C)=Cc4c(-c5ccccc5)cccc43)ccc([Si])c2C)=C1C. The van der Waals surface area contributed by atoms with Crippen LogP contribution in [0.1, 0.15) is 61.4 Å². The first-order valence-corrected chi connectivity index (χ1v) is 12.0. The van der Waals surface area contributed by atoms with E-state index in [1.165, 1.54) is 66.4 Å². The van der Waals surface area contributed by atoms with Gasteiger partial charge in [-0.15, -0.1) is 0 Å². The van der Waals surface area contributed by atoms with Gasteiger partial charge in [0.05, 0.1) is 10.2 Å². The zero-order valence-electron chi connectivity index (χ0n) is 19.6. The Labute approximate surface area is 195 Å². The summed E-state index contributed by atoms with van der Waals surface area (Å²) in [5.41, 5.74) is 15.3. The van der Waals surface area contributed by atoms with Crippen molar-refractivity contribution in [1.82, 2.24) is 0 Å². The summed E-state index contributed by atoms with van der Waals surface area (Å²) < 4.78 is 0. The largest absolute Gasteiger partial charge is 0.0740 e. The minimum atomic E-state index is 0.281. The number of benzene rings is 3. The van der Waals surface area contributed by atoms with Crippen LogP contribution in [0.4, 0.5) is 0 Å². The molecule has 0 N–H and O–H groups in total. The average Bonchev–Trinajstić information content (AvgIpc) is 3.25. The second-order valence-electron chi connectivity index (χ2n) is 9.38. The van der Waals surface area contributed by atoms with E-state index in [1.807, 2.05) is 0 Å². The van der Waals surface area contributed by atoms with Crippen molar-refractivity contribution in [2.75, 3.05) is 0 Å². The molecule has 3 aromatic rings. The lowest BCUT2D eigenvalue weighted by atomic mass is 9.79. The van der Waals surface area contributed by atoms with Gasteiger partial charge in [-0.05, 0) is 77.8 Å². The highest BCUT2D eigenvalue weighted by Gasteiger charge is 2.31. The summed E-state index contributed by atoms with van der Waals surface area (Å²) in [5.74, 6) is 0.713. The van der Waals surface area contributed by atoms with E-state index in [9.17, 15) is 0 Å². The molecule has 0 bridgehead atoms. The van der Waals surface area contributed by atoms with Crippen LogP contribution in [0, 0.1) is 12.8 Å². The third kappa shape index (κ3) is 3.19. The monoisotopic (exact) mass is 429 g/mol. The van der Waals surface area contributed by atoms with Crippen LogP contribution in [-0.2, 0) is 0 Å². The summed E-state index contributed by atoms with van der Waals surface area (Å²) in [4.78, 5) is 0. The van der Waals surface area contributed by atoms with Crippen molar-refractivity contribution in [3.63, 3.8) is 0 Å². The summed E-state index contributed by atoms with van der Waals surface area (Å²) in [6, 6.07) is 22.1. The van der Waals surface area contributed by atoms with Gasteiger partial charge in [0, 0.05) is 11.8 Å². The molecule has 0 nitrogen and oxygen atoms in total. The van der Waals surface area contributed by atoms with E-state index >= 15 is 0 Å². The maximum atomic E-state index is 3.88. The highest BCUT2D eigenvalue weighted by atomic mass is 28.1. The van der Waals surface area contributed by atoms with Crippen LogP contribution in [-0.4, -0.2) is 10.2 Å². The molecule has 0 heterocycles. The highest BCUT2D eigenvalue weighted by molar-refractivity contribution is 6.33. The lowest BCUT2D eigenvalue weighted by Crippen LogP contribution is -2.16. The van der Waals surface area contributed by atoms with Crippen LogP contribution in [0.25, 0.3) is 22.8 Å². The van der Waals surface area contributed by atoms with E-state index in [1.54, 1.807) is 0 Å². The van der Waals surface area contributed by atoms with Gasteiger partial charge in [0.15, 0.2) is 0 Å². The molecule has 157 valence electrons. The second kappa shape index (κ2) is 7.90. The molecule has 5 rings (SSSR count). The normalized spacial score (nSPS) is 19.8. The Kier molecular flexibility index (Phi) is 5.18. The van der Waals surface area contributed by atoms with Crippen molar-refractivity contribution in [2.45, 2.75) is 40.5 Å². The van der Waals surface area contributed by atoms with Gasteiger partial charge in [0.25, 0.3) is 0 Å². The molecule has 0 aliphatic heterocycles. The van der Waals surface area contributed by atoms with Crippen molar-refractivity contribution in [2.24, 2.45) is 5.92 Å². The molecule has 3 radical (unpaired) electrons. The number of rotatable bonds is 3. The van der Waals surface area contributed by atoms with E-state index in [2.05, 4.69) is 118 Å². The molecular weight excluding hydrogens is 400 g/mol. The molecule has 0 saturated heterocycles. The van der Waals surface area contributed by atoms with Crippen LogP contribution in [0.5, 0.6) is 0 Å². The summed E-state index contributed by atoms with van der Waals surface area (Å²) in [7, 11) is 3.88. The minimum Gasteiger partial charge on any atom is -0.0740 e. The van der Waals surface area contributed by atoms with Gasteiger partial charge < -0.3 is 0 Å². The van der Waals surface area contributed by atoms with Gasteiger partial charge in [-0.2, -0.15) is 0 Å². The Balaban J connectivity index is 1.73. The lowest BCUT2D eigenvalue weighted by Gasteiger charge is -2.25. The third-order valence-corrected chi connectivity index (χ3v) is 7.93. The highest BCUT2D eigenvalue weighted by Crippen LogP contribution is 2.48. The summed E-state index contributed by atoms with van der Waals surface area (Å²) in [5, 5.41) is 1.18. The van der Waals surface area contributed by atoms with Crippen molar-refractivity contribution < 1.29 is 0 Å². The van der Waals surface area contributed by atoms with Gasteiger partial charge in [-0.25, -0.2) is 0 Å². The fraction of sp³-hybridized carbons (Fsp3) is 0.226. The molecule has 2 unspecified atom stereocenters. The maximum Gasteiger partial charge on any atom is 0.0715 e. The Hall–Kier alpha value is -2.90. The van der Waals surface area contributed by atoms with Crippen molar-refractivity contribution in [3.8, 4) is 11.1 Å². The molecule has 3 aromatic carbocycles. The standard InChI is InChI=1S/C31H29Si/c1-18-16-19(2)29(21(18)4)31-22(5)28(32)15-14-26(31)30-20(3)17-27-24(12-9-13-25(27)30)23-10-7-6-8-11-23/h6-17,19,30H,1-5H3. The number of allylic oxidation sites excluding steroid dienone is 5. The average molecular weight is 430 g/mol. The molecule has 0 spiro atoms. The van der Waals surface area contributed by atoms with E-state index in [4.69, 9.17) is 0 Å². The van der Waals surface area contributed by atoms with Gasteiger partial charge in [-0.1, -0.05) is 96.1 Å². The Morgan fingerprint density at radius 2 is 1.53 bits per heavy atom. The minimum absolute atomic E-state index is 0.281. The quantitative estimate of drug-likeness (QED) is 0.381. The zero-order chi connectivity index (χ0) is 22.6. The number of hydrogen-bond donors (Lipinski definition) is 0. The summed E-state index contributed by atoms with van der Waals surface area (Å²) in [6.45, 7) is 11.4. The van der Waals surface area contributed by atoms with Gasteiger partial charge >= 0.3 is 0 Å². The van der Waals surface area contributed by atoms with Gasteiger partial charge in [0.2, 0.25) is 0 Å². The molecule has 0 aromatic heterocycles. The maximum absolute atomic E-state index is 3.88. The smallest absolute Gasteiger partial charge is 0.0715 e. The molecule has 2 aliphatic rings. The first kappa shape index (κ1) is 21.0. The van der Waals surface area contributed by atoms with Crippen LogP contribution < -0.4 is 5.19 Å². The van der Waals surface area contributed by atoms with Crippen molar-refractivity contribution in [3.05, 3.63) is 111 Å².